The van der Waals surface area contributed by atoms with Crippen molar-refractivity contribution in [3.63, 3.8) is 0 Å². The lowest BCUT2D eigenvalue weighted by Gasteiger charge is -2.13. The Morgan fingerprint density at radius 1 is 0.422 bits per heavy atom. The predicted molar refractivity (Wildman–Crippen MR) is 177 cm³/mol. The molecule has 6 aromatic carbocycles. The fourth-order valence-electron chi connectivity index (χ4n) is 6.89. The van der Waals surface area contributed by atoms with Crippen LogP contribution < -0.4 is 0 Å². The van der Waals surface area contributed by atoms with Crippen molar-refractivity contribution in [2.24, 2.45) is 0 Å². The molecule has 0 atom stereocenters. The van der Waals surface area contributed by atoms with Gasteiger partial charge in [0.1, 0.15) is 11.2 Å². The maximum atomic E-state index is 9.81. The zero-order valence-corrected chi connectivity index (χ0v) is 23.6. The Kier molecular flexibility index (Phi) is 5.00. The Morgan fingerprint density at radius 3 is 1.58 bits per heavy atom. The Balaban J connectivity index is 1.37. The van der Waals surface area contributed by atoms with E-state index >= 15 is 0 Å². The molecule has 9 aromatic rings. The molecular weight excluding hydrogens is 554 g/mol. The van der Waals surface area contributed by atoms with Gasteiger partial charge in [0, 0.05) is 43.7 Å². The van der Waals surface area contributed by atoms with Gasteiger partial charge in [0.25, 0.3) is 0 Å². The number of hydrogen-bond donors (Lipinski definition) is 0. The minimum absolute atomic E-state index is 0.567. The van der Waals surface area contributed by atoms with Gasteiger partial charge >= 0.3 is 0 Å². The normalized spacial score (nSPS) is 11.5. The molecule has 0 spiro atoms. The van der Waals surface area contributed by atoms with Crippen LogP contribution in [0, 0.1) is 34.0 Å². The molecule has 0 radical (unpaired) electrons. The van der Waals surface area contributed by atoms with E-state index in [0.29, 0.717) is 16.7 Å². The Hall–Kier alpha value is -6.81. The van der Waals surface area contributed by atoms with Crippen LogP contribution in [0.4, 0.5) is 0 Å². The van der Waals surface area contributed by atoms with E-state index in [1.54, 1.807) is 0 Å². The highest BCUT2D eigenvalue weighted by molar-refractivity contribution is 6.27. The standard InChI is InChI=1S/C39H19N5O/c40-20-23-8-11-32-29(16-23)30-17-24(21-41)9-12-33(30)43(32)26-4-3-5-27(19-26)44-34-13-10-25(22-42)18-31(34)38-35(44)14-15-37-39(38)28-6-1-2-7-36(28)45-37/h1-19H. The van der Waals surface area contributed by atoms with E-state index in [-0.39, 0.29) is 0 Å². The highest BCUT2D eigenvalue weighted by Crippen LogP contribution is 2.42. The summed E-state index contributed by atoms with van der Waals surface area (Å²) in [5.74, 6) is 0. The molecule has 206 valence electrons. The van der Waals surface area contributed by atoms with Crippen LogP contribution >= 0.6 is 0 Å². The summed E-state index contributed by atoms with van der Waals surface area (Å²) < 4.78 is 10.7. The molecule has 0 aliphatic rings. The van der Waals surface area contributed by atoms with Crippen LogP contribution in [0.3, 0.4) is 0 Å². The molecule has 3 heterocycles. The third-order valence-corrected chi connectivity index (χ3v) is 8.77. The number of nitriles is 3. The zero-order valence-electron chi connectivity index (χ0n) is 23.6. The van der Waals surface area contributed by atoms with Crippen molar-refractivity contribution < 1.29 is 4.42 Å². The summed E-state index contributed by atoms with van der Waals surface area (Å²) in [6.07, 6.45) is 0. The first-order valence-corrected chi connectivity index (χ1v) is 14.4. The van der Waals surface area contributed by atoms with Gasteiger partial charge in [-0.05, 0) is 91.0 Å². The number of aromatic nitrogens is 2. The van der Waals surface area contributed by atoms with Crippen molar-refractivity contribution in [3.05, 3.63) is 132 Å². The van der Waals surface area contributed by atoms with Crippen LogP contribution in [0.5, 0.6) is 0 Å². The summed E-state index contributed by atoms with van der Waals surface area (Å²) in [4.78, 5) is 0. The van der Waals surface area contributed by atoms with Crippen LogP contribution in [-0.4, -0.2) is 9.13 Å². The monoisotopic (exact) mass is 573 g/mol. The summed E-state index contributed by atoms with van der Waals surface area (Å²) in [6, 6.07) is 44.5. The Labute approximate surface area is 256 Å². The van der Waals surface area contributed by atoms with Crippen LogP contribution in [0.1, 0.15) is 16.7 Å². The maximum Gasteiger partial charge on any atom is 0.136 e. The van der Waals surface area contributed by atoms with Crippen molar-refractivity contribution in [1.82, 2.24) is 9.13 Å². The molecule has 0 fully saturated rings. The molecular formula is C39H19N5O. The lowest BCUT2D eigenvalue weighted by atomic mass is 10.0. The first-order valence-electron chi connectivity index (χ1n) is 14.4. The fraction of sp³-hybridized carbons (Fsp3) is 0. The third kappa shape index (κ3) is 3.41. The topological polar surface area (TPSA) is 94.4 Å². The maximum absolute atomic E-state index is 9.81. The van der Waals surface area contributed by atoms with Crippen LogP contribution in [0.15, 0.2) is 120 Å². The summed E-state index contributed by atoms with van der Waals surface area (Å²) in [5.41, 5.74) is 9.15. The first-order chi connectivity index (χ1) is 22.2. The van der Waals surface area contributed by atoms with Crippen molar-refractivity contribution >= 4 is 65.6 Å². The largest absolute Gasteiger partial charge is 0.456 e. The van der Waals surface area contributed by atoms with E-state index < -0.39 is 0 Å². The van der Waals surface area contributed by atoms with Gasteiger partial charge in [0.2, 0.25) is 0 Å². The number of hydrogen-bond acceptors (Lipinski definition) is 4. The number of benzene rings is 6. The second-order valence-corrected chi connectivity index (χ2v) is 11.2. The molecule has 0 amide bonds. The Morgan fingerprint density at radius 2 is 0.956 bits per heavy atom. The average molecular weight is 574 g/mol. The van der Waals surface area contributed by atoms with Crippen molar-refractivity contribution in [2.75, 3.05) is 0 Å². The van der Waals surface area contributed by atoms with E-state index in [2.05, 4.69) is 57.7 Å². The molecule has 0 aliphatic carbocycles. The molecule has 3 aromatic heterocycles. The van der Waals surface area contributed by atoms with Gasteiger partial charge in [0.05, 0.1) is 57.0 Å². The summed E-state index contributed by atoms with van der Waals surface area (Å²) in [5, 5.41) is 35.0. The van der Waals surface area contributed by atoms with Gasteiger partial charge in [-0.25, -0.2) is 0 Å². The molecule has 6 heteroatoms. The lowest BCUT2D eigenvalue weighted by Crippen LogP contribution is -1.98. The number of furan rings is 1. The smallest absolute Gasteiger partial charge is 0.136 e. The predicted octanol–water partition coefficient (Wildman–Crippen LogP) is 9.40. The molecule has 0 N–H and O–H groups in total. The minimum atomic E-state index is 0.567. The van der Waals surface area contributed by atoms with Gasteiger partial charge in [-0.1, -0.05) is 24.3 Å². The minimum Gasteiger partial charge on any atom is -0.456 e. The highest BCUT2D eigenvalue weighted by Gasteiger charge is 2.20. The van der Waals surface area contributed by atoms with Gasteiger partial charge in [-0.2, -0.15) is 15.8 Å². The van der Waals surface area contributed by atoms with E-state index in [1.807, 2.05) is 84.9 Å². The molecule has 0 bridgehead atoms. The van der Waals surface area contributed by atoms with Crippen molar-refractivity contribution in [3.8, 4) is 29.6 Å². The lowest BCUT2D eigenvalue weighted by molar-refractivity contribution is 0.669. The SMILES string of the molecule is N#Cc1ccc2c(c1)c1cc(C#N)ccc1n2-c1cccc(-n2c3ccc(C#N)cc3c3c4c(ccc32)oc2ccccc24)c1. The van der Waals surface area contributed by atoms with Gasteiger partial charge in [-0.3, -0.25) is 0 Å². The van der Waals surface area contributed by atoms with Crippen LogP contribution in [0.25, 0.3) is 76.9 Å². The molecule has 45 heavy (non-hydrogen) atoms. The number of nitrogens with zero attached hydrogens (tertiary/aromatic N) is 5. The van der Waals surface area contributed by atoms with Crippen molar-refractivity contribution in [1.29, 1.82) is 15.8 Å². The van der Waals surface area contributed by atoms with Gasteiger partial charge < -0.3 is 13.6 Å². The average Bonchev–Trinajstić information content (AvgIpc) is 3.74. The quantitative estimate of drug-likeness (QED) is 0.206. The van der Waals surface area contributed by atoms with Gasteiger partial charge in [-0.15, -0.1) is 0 Å². The Bertz CT molecular complexity index is 2790. The van der Waals surface area contributed by atoms with Crippen molar-refractivity contribution in [2.45, 2.75) is 0 Å². The first kappa shape index (κ1) is 24.8. The molecule has 0 unspecified atom stereocenters. The zero-order chi connectivity index (χ0) is 30.2. The van der Waals surface area contributed by atoms with E-state index in [1.165, 1.54) is 0 Å². The molecule has 9 rings (SSSR count). The second-order valence-electron chi connectivity index (χ2n) is 11.2. The molecule has 0 aliphatic heterocycles. The molecule has 0 saturated carbocycles. The summed E-state index contributed by atoms with van der Waals surface area (Å²) in [7, 11) is 0. The molecule has 6 nitrogen and oxygen atoms in total. The fourth-order valence-corrected chi connectivity index (χ4v) is 6.89. The van der Waals surface area contributed by atoms with E-state index in [9.17, 15) is 15.8 Å². The van der Waals surface area contributed by atoms with Crippen LogP contribution in [0.2, 0.25) is 0 Å². The van der Waals surface area contributed by atoms with E-state index in [4.69, 9.17) is 4.42 Å². The van der Waals surface area contributed by atoms with Gasteiger partial charge in [0.15, 0.2) is 0 Å². The highest BCUT2D eigenvalue weighted by atomic mass is 16.3. The number of rotatable bonds is 2. The number of para-hydroxylation sites is 1. The molecule has 0 saturated heterocycles. The summed E-state index contributed by atoms with van der Waals surface area (Å²) >= 11 is 0. The number of fused-ring (bicyclic) bond motifs is 10. The summed E-state index contributed by atoms with van der Waals surface area (Å²) in [6.45, 7) is 0. The van der Waals surface area contributed by atoms with Crippen LogP contribution in [-0.2, 0) is 0 Å². The van der Waals surface area contributed by atoms with E-state index in [0.717, 1.165) is 76.9 Å². The second kappa shape index (κ2) is 9.09. The third-order valence-electron chi connectivity index (χ3n) is 8.77.